The third-order valence-corrected chi connectivity index (χ3v) is 19.8. The van der Waals surface area contributed by atoms with E-state index in [9.17, 15) is 19.5 Å². The average Bonchev–Trinajstić information content (AvgIpc) is 4.09. The van der Waals surface area contributed by atoms with Gasteiger partial charge in [0.25, 0.3) is 5.91 Å². The summed E-state index contributed by atoms with van der Waals surface area (Å²) in [4.78, 5) is 43.6. The van der Waals surface area contributed by atoms with Gasteiger partial charge in [-0.2, -0.15) is 0 Å². The molecule has 2 heterocycles. The van der Waals surface area contributed by atoms with Crippen LogP contribution in [0, 0.1) is 11.8 Å². The van der Waals surface area contributed by atoms with E-state index in [-0.39, 0.29) is 53.1 Å². The van der Waals surface area contributed by atoms with Crippen LogP contribution in [-0.2, 0) is 36.3 Å². The molecule has 14 heteroatoms. The summed E-state index contributed by atoms with van der Waals surface area (Å²) in [5.41, 5.74) is 6.39. The Morgan fingerprint density at radius 1 is 0.914 bits per heavy atom. The smallest absolute Gasteiger partial charge is 0.411 e. The van der Waals surface area contributed by atoms with Crippen LogP contribution in [0.2, 0.25) is 18.1 Å². The number of rotatable bonds is 21. The summed E-state index contributed by atoms with van der Waals surface area (Å²) in [6.07, 6.45) is 7.39. The molecule has 4 N–H and O–H groups in total. The number of hydrogen-bond donors (Lipinski definition) is 4. The third kappa shape index (κ3) is 13.2. The van der Waals surface area contributed by atoms with Crippen LogP contribution in [0.4, 0.5) is 16.2 Å². The van der Waals surface area contributed by atoms with E-state index in [1.807, 2.05) is 60.7 Å². The Balaban J connectivity index is 0.748. The molecule has 13 nitrogen and oxygen atoms in total. The van der Waals surface area contributed by atoms with Crippen molar-refractivity contribution < 1.29 is 38.1 Å². The van der Waals surface area contributed by atoms with Crippen molar-refractivity contribution in [3.8, 4) is 22.6 Å². The first kappa shape index (κ1) is 51.1. The molecule has 0 bridgehead atoms. The van der Waals surface area contributed by atoms with E-state index in [0.717, 1.165) is 93.4 Å². The highest BCUT2D eigenvalue weighted by Crippen LogP contribution is 2.46. The fourth-order valence-electron chi connectivity index (χ4n) is 10.5. The highest BCUT2D eigenvalue weighted by Gasteiger charge is 2.43. The number of likely N-dealkylation sites (tertiary alicyclic amines) is 1. The molecule has 3 fully saturated rings. The Hall–Kier alpha value is -5.25. The van der Waals surface area contributed by atoms with Crippen molar-refractivity contribution in [2.45, 2.75) is 115 Å². The Bertz CT molecular complexity index is 2390. The summed E-state index contributed by atoms with van der Waals surface area (Å²) in [6, 6.07) is 30.4. The summed E-state index contributed by atoms with van der Waals surface area (Å²) in [6.45, 7) is 16.6. The lowest BCUT2D eigenvalue weighted by Crippen LogP contribution is -2.45. The molecule has 2 saturated carbocycles. The van der Waals surface area contributed by atoms with Gasteiger partial charge in [0.2, 0.25) is 5.91 Å². The summed E-state index contributed by atoms with van der Waals surface area (Å²) in [5, 5.41) is 19.9. The molecule has 0 unspecified atom stereocenters. The molecule has 1 saturated heterocycles. The molecule has 8 rings (SSSR count). The summed E-state index contributed by atoms with van der Waals surface area (Å²) in [7, 11) is -2.26. The van der Waals surface area contributed by atoms with E-state index >= 15 is 0 Å². The van der Waals surface area contributed by atoms with Crippen LogP contribution >= 0.6 is 0 Å². The highest BCUT2D eigenvalue weighted by molar-refractivity contribution is 6.74. The van der Waals surface area contributed by atoms with Crippen LogP contribution in [0.5, 0.6) is 11.5 Å². The second kappa shape index (κ2) is 23.3. The molecule has 70 heavy (non-hydrogen) atoms. The number of carbonyl (C=O) groups excluding carboxylic acids is 3. The van der Waals surface area contributed by atoms with Crippen LogP contribution in [0.25, 0.3) is 11.1 Å². The maximum atomic E-state index is 13.8. The first-order chi connectivity index (χ1) is 33.7. The number of benzene rings is 4. The molecule has 4 aromatic carbocycles. The fraction of sp³-hybridized carbons (Fsp3) is 0.518. The largest absolute Gasteiger partial charge is 0.506 e. The van der Waals surface area contributed by atoms with Gasteiger partial charge in [-0.15, -0.1) is 0 Å². The second-order valence-electron chi connectivity index (χ2n) is 21.3. The molecular formula is C56H75N5O8Si. The first-order valence-electron chi connectivity index (χ1n) is 25.7. The number of fused-ring (bicyclic) bond motifs is 2. The van der Waals surface area contributed by atoms with Crippen LogP contribution in [-0.4, -0.2) is 112 Å². The SMILES string of the molecule is CC(C)(C)[Si](C)(C)O[C@@H](CNCCN(C(=O)CCOCCc1cccc(CCN2C[C@H]3C[C@H](OC(=O)Nc4ccccc4-c4ccccc4)C[C@H]3C2)c1)C1CCCC1)c1ccc(O)c2c1OCC(=O)N2. The normalized spacial score (nSPS) is 19.8. The first-order valence-corrected chi connectivity index (χ1v) is 28.6. The predicted molar refractivity (Wildman–Crippen MR) is 278 cm³/mol. The summed E-state index contributed by atoms with van der Waals surface area (Å²) >= 11 is 0. The van der Waals surface area contributed by atoms with Crippen molar-refractivity contribution in [3.05, 3.63) is 108 Å². The van der Waals surface area contributed by atoms with Gasteiger partial charge in [0.15, 0.2) is 20.7 Å². The van der Waals surface area contributed by atoms with Gasteiger partial charge >= 0.3 is 6.09 Å². The molecule has 4 aromatic rings. The number of aromatic hydroxyl groups is 1. The molecule has 0 spiro atoms. The van der Waals surface area contributed by atoms with E-state index in [1.54, 1.807) is 6.07 Å². The number of carbonyl (C=O) groups is 3. The van der Waals surface area contributed by atoms with Gasteiger partial charge in [0.05, 0.1) is 31.4 Å². The van der Waals surface area contributed by atoms with Gasteiger partial charge < -0.3 is 44.2 Å². The van der Waals surface area contributed by atoms with E-state index in [4.69, 9.17) is 18.6 Å². The molecule has 2 aliphatic carbocycles. The minimum absolute atomic E-state index is 0.0453. The number of para-hydroxylation sites is 1. The van der Waals surface area contributed by atoms with Gasteiger partial charge in [0, 0.05) is 56.4 Å². The molecule has 0 aromatic heterocycles. The summed E-state index contributed by atoms with van der Waals surface area (Å²) in [5.74, 6) is 1.30. The Morgan fingerprint density at radius 2 is 1.63 bits per heavy atom. The fourth-order valence-corrected chi connectivity index (χ4v) is 11.8. The number of hydrogen-bond acceptors (Lipinski definition) is 10. The van der Waals surface area contributed by atoms with E-state index in [1.165, 1.54) is 11.1 Å². The van der Waals surface area contributed by atoms with Crippen molar-refractivity contribution in [1.82, 2.24) is 15.1 Å². The van der Waals surface area contributed by atoms with Crippen LogP contribution in [0.1, 0.15) is 88.5 Å². The molecule has 0 radical (unpaired) electrons. The standard InChI is InChI=1S/C56H75N5O8Si/c1-56(2,3)70(4,5)69-50(47-22-23-49(62)53-54(47)67-38-51(63)59-53)35-57-27-29-61(44-18-9-10-19-44)52(64)26-31-66-30-25-40-15-13-14-39(32-40)24-28-60-36-42-33-45(34-43(42)37-60)68-55(65)58-48-21-12-11-20-46(48)41-16-7-6-8-17-41/h6-8,11-17,20-23,32,42-45,50,57,62H,9-10,18-19,24-31,33-38H2,1-5H3,(H,58,65)(H,59,63)/t42-,43+,45+,50-/m0/s1. The lowest BCUT2D eigenvalue weighted by molar-refractivity contribution is -0.134. The molecule has 376 valence electrons. The van der Waals surface area contributed by atoms with Crippen molar-refractivity contribution in [3.63, 3.8) is 0 Å². The van der Waals surface area contributed by atoms with Gasteiger partial charge in [-0.3, -0.25) is 14.9 Å². The van der Waals surface area contributed by atoms with Gasteiger partial charge in [-0.1, -0.05) is 106 Å². The molecule has 3 amide bonds. The minimum atomic E-state index is -2.26. The van der Waals surface area contributed by atoms with Crippen molar-refractivity contribution in [2.75, 3.05) is 69.7 Å². The lowest BCUT2D eigenvalue weighted by Gasteiger charge is -2.40. The Morgan fingerprint density at radius 3 is 2.37 bits per heavy atom. The summed E-state index contributed by atoms with van der Waals surface area (Å²) < 4.78 is 24.9. The quantitative estimate of drug-likeness (QED) is 0.0361. The Labute approximate surface area is 416 Å². The molecular weight excluding hydrogens is 899 g/mol. The Kier molecular flexibility index (Phi) is 17.0. The van der Waals surface area contributed by atoms with Gasteiger partial charge in [0.1, 0.15) is 17.5 Å². The van der Waals surface area contributed by atoms with Crippen LogP contribution < -0.4 is 20.7 Å². The maximum absolute atomic E-state index is 13.8. The van der Waals surface area contributed by atoms with Crippen LogP contribution in [0.3, 0.4) is 0 Å². The van der Waals surface area contributed by atoms with E-state index < -0.39 is 14.4 Å². The second-order valence-corrected chi connectivity index (χ2v) is 26.1. The zero-order chi connectivity index (χ0) is 49.3. The maximum Gasteiger partial charge on any atom is 0.411 e. The third-order valence-electron chi connectivity index (χ3n) is 15.3. The number of amides is 3. The predicted octanol–water partition coefficient (Wildman–Crippen LogP) is 9.96. The van der Waals surface area contributed by atoms with E-state index in [0.29, 0.717) is 56.9 Å². The highest BCUT2D eigenvalue weighted by atomic mass is 28.4. The number of anilines is 2. The number of nitrogens with zero attached hydrogens (tertiary/aromatic N) is 2. The molecule has 4 aliphatic rings. The van der Waals surface area contributed by atoms with Gasteiger partial charge in [-0.05, 0) is 103 Å². The number of phenolic OH excluding ortho intramolecular Hbond substituents is 1. The molecule has 4 atom stereocenters. The average molecular weight is 974 g/mol. The minimum Gasteiger partial charge on any atom is -0.506 e. The number of ether oxygens (including phenoxy) is 3. The van der Waals surface area contributed by atoms with E-state index in [2.05, 4.69) is 83.9 Å². The number of nitrogens with one attached hydrogen (secondary N) is 3. The van der Waals surface area contributed by atoms with Gasteiger partial charge in [-0.25, -0.2) is 4.79 Å². The zero-order valence-electron chi connectivity index (χ0n) is 42.0. The lowest BCUT2D eigenvalue weighted by atomic mass is 10.0. The van der Waals surface area contributed by atoms with Crippen LogP contribution in [0.15, 0.2) is 91.0 Å². The van der Waals surface area contributed by atoms with Crippen molar-refractivity contribution in [2.24, 2.45) is 11.8 Å². The number of phenols is 1. The monoisotopic (exact) mass is 974 g/mol. The zero-order valence-corrected chi connectivity index (χ0v) is 43.0. The van der Waals surface area contributed by atoms with Crippen molar-refractivity contribution in [1.29, 1.82) is 0 Å². The molecule has 2 aliphatic heterocycles. The topological polar surface area (TPSA) is 151 Å². The van der Waals surface area contributed by atoms with Crippen molar-refractivity contribution >= 4 is 37.6 Å².